The van der Waals surface area contributed by atoms with Gasteiger partial charge in [0.15, 0.2) is 0 Å². The Balaban J connectivity index is 1.60. The Morgan fingerprint density at radius 3 is 2.57 bits per heavy atom. The first-order chi connectivity index (χ1) is 17.1. The zero-order valence-corrected chi connectivity index (χ0v) is 20.3. The van der Waals surface area contributed by atoms with Gasteiger partial charge in [0.1, 0.15) is 11.5 Å². The lowest BCUT2D eigenvalue weighted by atomic mass is 9.94. The van der Waals surface area contributed by atoms with E-state index in [9.17, 15) is 4.79 Å². The third kappa shape index (κ3) is 4.50. The minimum absolute atomic E-state index is 0.222. The second-order valence-corrected chi connectivity index (χ2v) is 8.94. The Bertz CT molecular complexity index is 1380. The maximum atomic E-state index is 13.3. The second-order valence-electron chi connectivity index (χ2n) is 8.00. The van der Waals surface area contributed by atoms with Crippen molar-refractivity contribution >= 4 is 22.9 Å². The molecule has 1 N–H and O–H groups in total. The van der Waals surface area contributed by atoms with Gasteiger partial charge in [0.25, 0.3) is 5.89 Å². The molecular weight excluding hydrogens is 464 g/mol. The zero-order valence-electron chi connectivity index (χ0n) is 19.5. The number of aromatic nitrogens is 2. The van der Waals surface area contributed by atoms with Gasteiger partial charge in [-0.05, 0) is 53.8 Å². The first-order valence-electron chi connectivity index (χ1n) is 11.0. The van der Waals surface area contributed by atoms with Crippen molar-refractivity contribution in [1.82, 2.24) is 20.4 Å². The fourth-order valence-electron chi connectivity index (χ4n) is 4.11. The average Bonchev–Trinajstić information content (AvgIpc) is 3.59. The number of hydrogen-bond donors (Lipinski definition) is 1. The normalized spacial score (nSPS) is 15.8. The van der Waals surface area contributed by atoms with Gasteiger partial charge < -0.3 is 19.3 Å². The third-order valence-electron chi connectivity index (χ3n) is 5.90. The van der Waals surface area contributed by atoms with Crippen LogP contribution in [0.3, 0.4) is 0 Å². The maximum Gasteiger partial charge on any atom is 0.322 e. The van der Waals surface area contributed by atoms with E-state index in [0.29, 0.717) is 24.0 Å². The van der Waals surface area contributed by atoms with Gasteiger partial charge in [0.05, 0.1) is 37.3 Å². The van der Waals surface area contributed by atoms with Crippen LogP contribution in [-0.2, 0) is 6.54 Å². The van der Waals surface area contributed by atoms with Crippen molar-refractivity contribution in [3.05, 3.63) is 88.8 Å². The van der Waals surface area contributed by atoms with Gasteiger partial charge in [-0.1, -0.05) is 35.5 Å². The first kappa shape index (κ1) is 22.7. The van der Waals surface area contributed by atoms with E-state index in [4.69, 9.17) is 14.0 Å². The van der Waals surface area contributed by atoms with Crippen LogP contribution >= 0.6 is 11.3 Å². The van der Waals surface area contributed by atoms with Crippen LogP contribution in [0.25, 0.3) is 16.3 Å². The van der Waals surface area contributed by atoms with E-state index in [-0.39, 0.29) is 6.03 Å². The number of allylic oxidation sites excluding steroid dienone is 1. The molecule has 5 rings (SSSR count). The van der Waals surface area contributed by atoms with Crippen molar-refractivity contribution in [3.63, 3.8) is 0 Å². The predicted octanol–water partition coefficient (Wildman–Crippen LogP) is 5.51. The highest BCUT2D eigenvalue weighted by Gasteiger charge is 2.36. The molecule has 178 valence electrons. The SMILES string of the molecule is COc1cccc(CN2C(=O)NC(c3cccc(OC)c3)C(c3nc(-c4cccs4)no3)=C2C)c1. The van der Waals surface area contributed by atoms with E-state index in [0.717, 1.165) is 33.0 Å². The summed E-state index contributed by atoms with van der Waals surface area (Å²) in [6, 6.07) is 18.4. The fourth-order valence-corrected chi connectivity index (χ4v) is 4.76. The molecule has 0 saturated carbocycles. The van der Waals surface area contributed by atoms with Crippen LogP contribution in [0, 0.1) is 0 Å². The van der Waals surface area contributed by atoms with Crippen LogP contribution in [0.15, 0.2) is 76.3 Å². The number of urea groups is 1. The molecule has 35 heavy (non-hydrogen) atoms. The van der Waals surface area contributed by atoms with Crippen LogP contribution in [0.5, 0.6) is 11.5 Å². The molecule has 1 aliphatic heterocycles. The summed E-state index contributed by atoms with van der Waals surface area (Å²) in [7, 11) is 3.23. The molecule has 1 atom stereocenters. The van der Waals surface area contributed by atoms with E-state index in [1.165, 1.54) is 11.3 Å². The molecular formula is C26H24N4O4S. The third-order valence-corrected chi connectivity index (χ3v) is 6.76. The summed E-state index contributed by atoms with van der Waals surface area (Å²) < 4.78 is 16.5. The van der Waals surface area contributed by atoms with Crippen molar-refractivity contribution < 1.29 is 18.8 Å². The minimum atomic E-state index is -0.490. The molecule has 3 heterocycles. The largest absolute Gasteiger partial charge is 0.497 e. The highest BCUT2D eigenvalue weighted by Crippen LogP contribution is 2.39. The van der Waals surface area contributed by atoms with E-state index >= 15 is 0 Å². The summed E-state index contributed by atoms with van der Waals surface area (Å²) >= 11 is 1.54. The van der Waals surface area contributed by atoms with Crippen molar-refractivity contribution in [2.24, 2.45) is 0 Å². The van der Waals surface area contributed by atoms with Crippen LogP contribution < -0.4 is 14.8 Å². The molecule has 4 aromatic rings. The average molecular weight is 489 g/mol. The Morgan fingerprint density at radius 2 is 1.83 bits per heavy atom. The predicted molar refractivity (Wildman–Crippen MR) is 133 cm³/mol. The number of rotatable bonds is 7. The van der Waals surface area contributed by atoms with Gasteiger partial charge in [-0.25, -0.2) is 4.79 Å². The number of carbonyl (C=O) groups excluding carboxylic acids is 1. The summed E-state index contributed by atoms with van der Waals surface area (Å²) in [5.74, 6) is 2.29. The van der Waals surface area contributed by atoms with E-state index in [1.54, 1.807) is 19.1 Å². The summed E-state index contributed by atoms with van der Waals surface area (Å²) in [5.41, 5.74) is 3.24. The van der Waals surface area contributed by atoms with Gasteiger partial charge in [0.2, 0.25) is 5.82 Å². The Hall–Kier alpha value is -4.11. The molecule has 0 aliphatic carbocycles. The number of nitrogens with one attached hydrogen (secondary N) is 1. The van der Waals surface area contributed by atoms with E-state index < -0.39 is 6.04 Å². The van der Waals surface area contributed by atoms with Crippen LogP contribution in [0.1, 0.15) is 30.0 Å². The Morgan fingerprint density at radius 1 is 1.06 bits per heavy atom. The highest BCUT2D eigenvalue weighted by atomic mass is 32.1. The Labute approximate surface area is 206 Å². The standard InChI is InChI=1S/C26H24N4O4S/c1-16-22(25-28-24(29-34-25)21-11-6-12-35-21)23(18-8-5-10-20(14-18)33-3)27-26(31)30(16)15-17-7-4-9-19(13-17)32-2/h4-14,23H,15H2,1-3H3,(H,27,31). The van der Waals surface area contributed by atoms with Crippen LogP contribution in [-0.4, -0.2) is 35.3 Å². The summed E-state index contributed by atoms with van der Waals surface area (Å²) in [6.07, 6.45) is 0. The molecule has 2 aromatic carbocycles. The maximum absolute atomic E-state index is 13.3. The highest BCUT2D eigenvalue weighted by molar-refractivity contribution is 7.13. The number of ether oxygens (including phenoxy) is 2. The monoisotopic (exact) mass is 488 g/mol. The number of amides is 2. The molecule has 0 bridgehead atoms. The molecule has 1 aliphatic rings. The molecule has 0 fully saturated rings. The number of thiophene rings is 1. The van der Waals surface area contributed by atoms with Gasteiger partial charge >= 0.3 is 6.03 Å². The quantitative estimate of drug-likeness (QED) is 0.369. The van der Waals surface area contributed by atoms with Gasteiger partial charge in [0, 0.05) is 5.70 Å². The number of hydrogen-bond acceptors (Lipinski definition) is 7. The molecule has 8 nitrogen and oxygen atoms in total. The molecule has 2 aromatic heterocycles. The molecule has 9 heteroatoms. The van der Waals surface area contributed by atoms with Gasteiger partial charge in [-0.15, -0.1) is 11.3 Å². The van der Waals surface area contributed by atoms with Crippen LogP contribution in [0.2, 0.25) is 0 Å². The lowest BCUT2D eigenvalue weighted by Gasteiger charge is -2.35. The number of nitrogens with zero attached hydrogens (tertiary/aromatic N) is 3. The first-order valence-corrected chi connectivity index (χ1v) is 11.9. The fraction of sp³-hybridized carbons (Fsp3) is 0.192. The van der Waals surface area contributed by atoms with Gasteiger partial charge in [-0.2, -0.15) is 4.98 Å². The lowest BCUT2D eigenvalue weighted by Crippen LogP contribution is -2.45. The summed E-state index contributed by atoms with van der Waals surface area (Å²) in [6.45, 7) is 2.26. The van der Waals surface area contributed by atoms with Crippen LogP contribution in [0.4, 0.5) is 4.79 Å². The van der Waals surface area contributed by atoms with E-state index in [2.05, 4.69) is 15.5 Å². The van der Waals surface area contributed by atoms with E-state index in [1.807, 2.05) is 73.0 Å². The number of carbonyl (C=O) groups is 1. The van der Waals surface area contributed by atoms with Gasteiger partial charge in [-0.3, -0.25) is 4.90 Å². The van der Waals surface area contributed by atoms with Crippen molar-refractivity contribution in [3.8, 4) is 22.2 Å². The minimum Gasteiger partial charge on any atom is -0.497 e. The number of methoxy groups -OCH3 is 2. The summed E-state index contributed by atoms with van der Waals surface area (Å²) in [5, 5.41) is 9.29. The topological polar surface area (TPSA) is 89.7 Å². The number of benzene rings is 2. The smallest absolute Gasteiger partial charge is 0.322 e. The summed E-state index contributed by atoms with van der Waals surface area (Å²) in [4.78, 5) is 20.6. The molecule has 0 radical (unpaired) electrons. The molecule has 0 spiro atoms. The second kappa shape index (κ2) is 9.63. The lowest BCUT2D eigenvalue weighted by molar-refractivity contribution is 0.203. The zero-order chi connectivity index (χ0) is 24.4. The molecule has 2 amide bonds. The van der Waals surface area contributed by atoms with Crippen molar-refractivity contribution in [2.75, 3.05) is 14.2 Å². The molecule has 0 saturated heterocycles. The van der Waals surface area contributed by atoms with Crippen molar-refractivity contribution in [2.45, 2.75) is 19.5 Å². The Kier molecular flexibility index (Phi) is 6.24. The van der Waals surface area contributed by atoms with Crippen molar-refractivity contribution in [1.29, 1.82) is 0 Å². The molecule has 1 unspecified atom stereocenters.